The zero-order chi connectivity index (χ0) is 19.7. The van der Waals surface area contributed by atoms with Gasteiger partial charge in [-0.05, 0) is 35.7 Å². The second-order valence-corrected chi connectivity index (χ2v) is 7.34. The van der Waals surface area contributed by atoms with E-state index in [1.807, 2.05) is 48.5 Å². The van der Waals surface area contributed by atoms with E-state index < -0.39 is 0 Å². The van der Waals surface area contributed by atoms with Crippen molar-refractivity contribution in [1.82, 2.24) is 5.32 Å². The van der Waals surface area contributed by atoms with Crippen molar-refractivity contribution in [3.8, 4) is 0 Å². The number of anilines is 2. The van der Waals surface area contributed by atoms with Gasteiger partial charge in [-0.3, -0.25) is 14.4 Å². The highest BCUT2D eigenvalue weighted by Gasteiger charge is 2.35. The maximum Gasteiger partial charge on any atom is 0.227 e. The number of nitrogens with one attached hydrogen (secondary N) is 1. The molecule has 2 aromatic carbocycles. The topological polar surface area (TPSA) is 69.7 Å². The largest absolute Gasteiger partial charge is 0.352 e. The molecule has 0 aliphatic carbocycles. The Hall–Kier alpha value is -3.15. The molecule has 0 radical (unpaired) electrons. The number of nitrogens with zero attached hydrogens (tertiary/aromatic N) is 2. The maximum absolute atomic E-state index is 12.5. The average molecular weight is 377 g/mol. The van der Waals surface area contributed by atoms with Crippen molar-refractivity contribution >= 4 is 29.1 Å². The van der Waals surface area contributed by atoms with Crippen LogP contribution in [0.5, 0.6) is 0 Å². The average Bonchev–Trinajstić information content (AvgIpc) is 3.30. The van der Waals surface area contributed by atoms with Crippen molar-refractivity contribution in [2.75, 3.05) is 22.9 Å². The summed E-state index contributed by atoms with van der Waals surface area (Å²) in [5.41, 5.74) is 3.82. The Morgan fingerprint density at radius 3 is 2.68 bits per heavy atom. The molecular formula is C22H23N3O3. The molecule has 0 bridgehead atoms. The first-order valence-corrected chi connectivity index (χ1v) is 9.56. The second-order valence-electron chi connectivity index (χ2n) is 7.34. The summed E-state index contributed by atoms with van der Waals surface area (Å²) in [6, 6.07) is 15.5. The zero-order valence-corrected chi connectivity index (χ0v) is 15.9. The van der Waals surface area contributed by atoms with E-state index in [0.717, 1.165) is 28.9 Å². The quantitative estimate of drug-likeness (QED) is 0.889. The van der Waals surface area contributed by atoms with Crippen LogP contribution in [0.3, 0.4) is 0 Å². The molecule has 2 heterocycles. The summed E-state index contributed by atoms with van der Waals surface area (Å²) in [5.74, 6) is -0.457. The van der Waals surface area contributed by atoms with Crippen LogP contribution in [0.4, 0.5) is 11.4 Å². The molecule has 4 rings (SSSR count). The molecule has 1 saturated heterocycles. The van der Waals surface area contributed by atoms with Gasteiger partial charge in [0.05, 0.1) is 5.92 Å². The highest BCUT2D eigenvalue weighted by Crippen LogP contribution is 2.34. The number of carbonyl (C=O) groups excluding carboxylic acids is 3. The van der Waals surface area contributed by atoms with Crippen molar-refractivity contribution in [3.63, 3.8) is 0 Å². The third-order valence-corrected chi connectivity index (χ3v) is 5.46. The molecule has 1 fully saturated rings. The summed E-state index contributed by atoms with van der Waals surface area (Å²) in [5, 5.41) is 2.93. The van der Waals surface area contributed by atoms with E-state index in [-0.39, 0.29) is 30.1 Å². The van der Waals surface area contributed by atoms with Crippen molar-refractivity contribution in [3.05, 3.63) is 59.7 Å². The Morgan fingerprint density at radius 2 is 1.93 bits per heavy atom. The molecule has 6 nitrogen and oxygen atoms in total. The van der Waals surface area contributed by atoms with Gasteiger partial charge < -0.3 is 15.1 Å². The van der Waals surface area contributed by atoms with Gasteiger partial charge in [0.25, 0.3) is 0 Å². The Bertz CT molecular complexity index is 926. The minimum Gasteiger partial charge on any atom is -0.352 e. The fourth-order valence-electron chi connectivity index (χ4n) is 3.95. The van der Waals surface area contributed by atoms with Crippen LogP contribution in [-0.4, -0.2) is 30.8 Å². The van der Waals surface area contributed by atoms with E-state index in [2.05, 4.69) is 5.32 Å². The summed E-state index contributed by atoms with van der Waals surface area (Å²) in [6.07, 6.45) is 1.00. The first-order chi connectivity index (χ1) is 13.5. The predicted molar refractivity (Wildman–Crippen MR) is 107 cm³/mol. The van der Waals surface area contributed by atoms with Crippen LogP contribution < -0.4 is 15.1 Å². The van der Waals surface area contributed by atoms with Crippen LogP contribution >= 0.6 is 0 Å². The van der Waals surface area contributed by atoms with Gasteiger partial charge in [-0.25, -0.2) is 0 Å². The lowest BCUT2D eigenvalue weighted by Crippen LogP contribution is -2.32. The Morgan fingerprint density at radius 1 is 1.14 bits per heavy atom. The van der Waals surface area contributed by atoms with E-state index in [1.165, 1.54) is 0 Å². The van der Waals surface area contributed by atoms with Gasteiger partial charge in [0.1, 0.15) is 0 Å². The Labute approximate surface area is 164 Å². The fraction of sp³-hybridized carbons (Fsp3) is 0.318. The predicted octanol–water partition coefficient (Wildman–Crippen LogP) is 2.26. The number of hydrogen-bond donors (Lipinski definition) is 1. The van der Waals surface area contributed by atoms with Gasteiger partial charge >= 0.3 is 0 Å². The van der Waals surface area contributed by atoms with Gasteiger partial charge in [-0.15, -0.1) is 0 Å². The number of rotatable bonds is 4. The molecule has 0 spiro atoms. The molecule has 2 aliphatic rings. The standard InChI is InChI=1S/C22H23N3O3/c1-15(26)24-10-9-17-11-19(7-8-20(17)24)25-14-18(12-21(25)27)22(28)23-13-16-5-3-2-4-6-16/h2-8,11,18H,9-10,12-14H2,1H3,(H,23,28). The second kappa shape index (κ2) is 7.46. The SMILES string of the molecule is CC(=O)N1CCc2cc(N3CC(C(=O)NCc4ccccc4)CC3=O)ccc21. The summed E-state index contributed by atoms with van der Waals surface area (Å²) < 4.78 is 0. The Kier molecular flexibility index (Phi) is 4.86. The molecule has 3 amide bonds. The van der Waals surface area contributed by atoms with Crippen LogP contribution in [0.1, 0.15) is 24.5 Å². The highest BCUT2D eigenvalue weighted by molar-refractivity contribution is 6.01. The molecule has 6 heteroatoms. The zero-order valence-electron chi connectivity index (χ0n) is 15.9. The lowest BCUT2D eigenvalue weighted by atomic mass is 10.1. The molecule has 2 aromatic rings. The van der Waals surface area contributed by atoms with Crippen molar-refractivity contribution in [1.29, 1.82) is 0 Å². The van der Waals surface area contributed by atoms with Gasteiger partial charge in [-0.2, -0.15) is 0 Å². The molecule has 28 heavy (non-hydrogen) atoms. The number of amides is 3. The summed E-state index contributed by atoms with van der Waals surface area (Å²) in [7, 11) is 0. The monoisotopic (exact) mass is 377 g/mol. The van der Waals surface area contributed by atoms with Gasteiger partial charge in [-0.1, -0.05) is 30.3 Å². The van der Waals surface area contributed by atoms with E-state index in [1.54, 1.807) is 16.7 Å². The van der Waals surface area contributed by atoms with E-state index in [4.69, 9.17) is 0 Å². The lowest BCUT2D eigenvalue weighted by Gasteiger charge is -2.19. The van der Waals surface area contributed by atoms with Crippen LogP contribution in [0.15, 0.2) is 48.5 Å². The third kappa shape index (κ3) is 3.50. The molecular weight excluding hydrogens is 354 g/mol. The molecule has 0 saturated carbocycles. The van der Waals surface area contributed by atoms with E-state index in [9.17, 15) is 14.4 Å². The van der Waals surface area contributed by atoms with Crippen LogP contribution in [0.25, 0.3) is 0 Å². The van der Waals surface area contributed by atoms with Crippen LogP contribution in [-0.2, 0) is 27.3 Å². The fourth-order valence-corrected chi connectivity index (χ4v) is 3.95. The van der Waals surface area contributed by atoms with E-state index in [0.29, 0.717) is 19.6 Å². The summed E-state index contributed by atoms with van der Waals surface area (Å²) in [6.45, 7) is 3.08. The Balaban J connectivity index is 1.42. The molecule has 1 N–H and O–H groups in total. The molecule has 1 atom stereocenters. The van der Waals surface area contributed by atoms with Crippen molar-refractivity contribution < 1.29 is 14.4 Å². The number of benzene rings is 2. The van der Waals surface area contributed by atoms with Crippen molar-refractivity contribution in [2.45, 2.75) is 26.3 Å². The minimum absolute atomic E-state index is 0.0268. The molecule has 144 valence electrons. The number of carbonyl (C=O) groups is 3. The maximum atomic E-state index is 12.5. The number of fused-ring (bicyclic) bond motifs is 1. The normalized spacial score (nSPS) is 18.3. The minimum atomic E-state index is -0.349. The lowest BCUT2D eigenvalue weighted by molar-refractivity contribution is -0.126. The van der Waals surface area contributed by atoms with Gasteiger partial charge in [0.15, 0.2) is 0 Å². The summed E-state index contributed by atoms with van der Waals surface area (Å²) >= 11 is 0. The molecule has 0 aromatic heterocycles. The molecule has 1 unspecified atom stereocenters. The third-order valence-electron chi connectivity index (χ3n) is 5.46. The van der Waals surface area contributed by atoms with E-state index >= 15 is 0 Å². The highest BCUT2D eigenvalue weighted by atomic mass is 16.2. The smallest absolute Gasteiger partial charge is 0.227 e. The first-order valence-electron chi connectivity index (χ1n) is 9.56. The number of hydrogen-bond acceptors (Lipinski definition) is 3. The van der Waals surface area contributed by atoms with Crippen LogP contribution in [0.2, 0.25) is 0 Å². The van der Waals surface area contributed by atoms with Gasteiger partial charge in [0.2, 0.25) is 17.7 Å². The molecule has 2 aliphatic heterocycles. The van der Waals surface area contributed by atoms with Crippen molar-refractivity contribution in [2.24, 2.45) is 5.92 Å². The van der Waals surface area contributed by atoms with Gasteiger partial charge in [0, 0.05) is 44.4 Å². The summed E-state index contributed by atoms with van der Waals surface area (Å²) in [4.78, 5) is 40.2. The van der Waals surface area contributed by atoms with Crippen LogP contribution in [0, 0.1) is 5.92 Å². The first kappa shape index (κ1) is 18.2.